The molecule has 1 saturated heterocycles. The van der Waals surface area contributed by atoms with E-state index in [1.54, 1.807) is 17.3 Å². The minimum absolute atomic E-state index is 0.162. The molecule has 0 bridgehead atoms. The Kier molecular flexibility index (Phi) is 4.82. The molecule has 3 rings (SSSR count). The highest BCUT2D eigenvalue weighted by Gasteiger charge is 2.38. The molecule has 0 aliphatic carbocycles. The van der Waals surface area contributed by atoms with Gasteiger partial charge in [0.1, 0.15) is 0 Å². The lowest BCUT2D eigenvalue weighted by molar-refractivity contribution is 0.00252. The number of piperidine rings is 1. The van der Waals surface area contributed by atoms with E-state index in [0.717, 1.165) is 5.56 Å². The zero-order valence-electron chi connectivity index (χ0n) is 14.4. The average Bonchev–Trinajstić information content (AvgIpc) is 2.60. The number of rotatable bonds is 1. The second kappa shape index (κ2) is 7.04. The molecule has 1 aromatic heterocycles. The molecule has 1 N–H and O–H groups in total. The third kappa shape index (κ3) is 4.04. The lowest BCUT2D eigenvalue weighted by atomic mass is 9.88. The number of nitrogens with zero attached hydrogens (tertiary/aromatic N) is 3. The van der Waals surface area contributed by atoms with Crippen LogP contribution in [0, 0.1) is 11.8 Å². The fraction of sp³-hybridized carbons (Fsp3) is 0.350. The summed E-state index contributed by atoms with van der Waals surface area (Å²) < 4.78 is 0. The van der Waals surface area contributed by atoms with Gasteiger partial charge in [-0.1, -0.05) is 30.0 Å². The smallest absolute Gasteiger partial charge is 0.292 e. The van der Waals surface area contributed by atoms with Crippen LogP contribution in [0.5, 0.6) is 0 Å². The first kappa shape index (κ1) is 17.1. The van der Waals surface area contributed by atoms with Crippen LogP contribution in [0.3, 0.4) is 0 Å². The Hall–Kier alpha value is -2.71. The molecular weight excluding hydrogens is 314 g/mol. The molecule has 5 nitrogen and oxygen atoms in total. The molecule has 5 heteroatoms. The molecule has 1 unspecified atom stereocenters. The number of likely N-dealkylation sites (tertiary alicyclic amines) is 1. The van der Waals surface area contributed by atoms with Gasteiger partial charge in [0, 0.05) is 30.0 Å². The van der Waals surface area contributed by atoms with E-state index in [9.17, 15) is 9.90 Å². The van der Waals surface area contributed by atoms with E-state index < -0.39 is 5.54 Å². The van der Waals surface area contributed by atoms with Crippen molar-refractivity contribution in [3.8, 4) is 11.8 Å². The molecular formula is C20H21N3O2. The van der Waals surface area contributed by atoms with Gasteiger partial charge >= 0.3 is 0 Å². The maximum atomic E-state index is 12.7. The summed E-state index contributed by atoms with van der Waals surface area (Å²) in [7, 11) is 0. The van der Waals surface area contributed by atoms with Crippen molar-refractivity contribution in [3.05, 3.63) is 59.7 Å². The lowest BCUT2D eigenvalue weighted by Crippen LogP contribution is -2.54. The molecule has 1 amide bonds. The van der Waals surface area contributed by atoms with Gasteiger partial charge in [-0.05, 0) is 38.8 Å². The molecule has 25 heavy (non-hydrogen) atoms. The van der Waals surface area contributed by atoms with Gasteiger partial charge in [0.2, 0.25) is 5.82 Å². The number of carbonyl (C=O) groups is 1. The van der Waals surface area contributed by atoms with Crippen LogP contribution >= 0.6 is 0 Å². The van der Waals surface area contributed by atoms with Gasteiger partial charge in [0.15, 0.2) is 0 Å². The normalized spacial score (nSPS) is 19.0. The summed E-state index contributed by atoms with van der Waals surface area (Å²) in [5, 5.41) is 9.82. The average molecular weight is 335 g/mol. The molecule has 1 aromatic carbocycles. The van der Waals surface area contributed by atoms with Gasteiger partial charge < -0.3 is 10.0 Å². The maximum Gasteiger partial charge on any atom is 0.292 e. The van der Waals surface area contributed by atoms with Crippen molar-refractivity contribution in [2.24, 2.45) is 0 Å². The Morgan fingerprint density at radius 1 is 1.16 bits per heavy atom. The fourth-order valence-electron chi connectivity index (χ4n) is 3.04. The highest BCUT2D eigenvalue weighted by Crippen LogP contribution is 2.28. The van der Waals surface area contributed by atoms with Crippen LogP contribution in [0.15, 0.2) is 42.7 Å². The molecule has 1 aliphatic rings. The Labute approximate surface area is 147 Å². The minimum atomic E-state index is -0.413. The summed E-state index contributed by atoms with van der Waals surface area (Å²) in [6, 6.07) is 9.66. The number of aliphatic hydroxyl groups is 1. The number of hydrogen-bond donors (Lipinski definition) is 1. The number of amides is 1. The number of benzene rings is 1. The molecule has 1 aliphatic heterocycles. The van der Waals surface area contributed by atoms with Crippen molar-refractivity contribution in [2.45, 2.75) is 38.3 Å². The summed E-state index contributed by atoms with van der Waals surface area (Å²) in [6.45, 7) is 4.41. The summed E-state index contributed by atoms with van der Waals surface area (Å²) in [4.78, 5) is 22.8. The molecule has 128 valence electrons. The van der Waals surface area contributed by atoms with Crippen molar-refractivity contribution in [3.63, 3.8) is 0 Å². The largest absolute Gasteiger partial charge is 0.393 e. The van der Waals surface area contributed by atoms with E-state index >= 15 is 0 Å². The predicted molar refractivity (Wildman–Crippen MR) is 94.8 cm³/mol. The number of carbonyl (C=O) groups excluding carboxylic acids is 1. The van der Waals surface area contributed by atoms with Crippen LogP contribution < -0.4 is 0 Å². The van der Waals surface area contributed by atoms with Gasteiger partial charge in [-0.25, -0.2) is 9.97 Å². The van der Waals surface area contributed by atoms with Gasteiger partial charge in [-0.2, -0.15) is 0 Å². The van der Waals surface area contributed by atoms with Gasteiger partial charge in [0.25, 0.3) is 5.91 Å². The Balaban J connectivity index is 1.74. The third-order valence-corrected chi connectivity index (χ3v) is 4.37. The monoisotopic (exact) mass is 335 g/mol. The first-order chi connectivity index (χ1) is 12.0. The zero-order chi connectivity index (χ0) is 17.9. The van der Waals surface area contributed by atoms with Crippen molar-refractivity contribution >= 4 is 5.91 Å². The van der Waals surface area contributed by atoms with Gasteiger partial charge in [0.05, 0.1) is 11.7 Å². The predicted octanol–water partition coefficient (Wildman–Crippen LogP) is 2.25. The number of aromatic nitrogens is 2. The maximum absolute atomic E-state index is 12.7. The van der Waals surface area contributed by atoms with E-state index in [1.165, 1.54) is 0 Å². The van der Waals surface area contributed by atoms with Gasteiger partial charge in [-0.15, -0.1) is 0 Å². The van der Waals surface area contributed by atoms with Crippen LogP contribution in [-0.4, -0.2) is 44.1 Å². The highest BCUT2D eigenvalue weighted by atomic mass is 16.3. The number of hydrogen-bond acceptors (Lipinski definition) is 4. The van der Waals surface area contributed by atoms with Crippen LogP contribution in [0.1, 0.15) is 48.4 Å². The van der Waals surface area contributed by atoms with E-state index in [4.69, 9.17) is 0 Å². The second-order valence-corrected chi connectivity index (χ2v) is 6.83. The molecule has 0 radical (unpaired) electrons. The van der Waals surface area contributed by atoms with Crippen LogP contribution in [0.2, 0.25) is 0 Å². The van der Waals surface area contributed by atoms with E-state index in [1.807, 2.05) is 44.2 Å². The molecule has 2 aromatic rings. The summed E-state index contributed by atoms with van der Waals surface area (Å²) in [5.41, 5.74) is 1.16. The lowest BCUT2D eigenvalue weighted by Gasteiger charge is -2.43. The molecule has 0 spiro atoms. The first-order valence-corrected chi connectivity index (χ1v) is 8.35. The topological polar surface area (TPSA) is 66.3 Å². The third-order valence-electron chi connectivity index (χ3n) is 4.37. The van der Waals surface area contributed by atoms with E-state index in [0.29, 0.717) is 24.9 Å². The molecule has 0 saturated carbocycles. The molecule has 1 fully saturated rings. The van der Waals surface area contributed by atoms with Crippen molar-refractivity contribution in [1.29, 1.82) is 0 Å². The standard InChI is InChI=1S/C20H21N3O2/c1-20(2)12-17(24)10-11-23(20)19(25)18-21-13-16(14-22-18)9-8-15-6-4-3-5-7-15/h3-7,13-14,17,24H,10-12H2,1-2H3. The van der Waals surface area contributed by atoms with Crippen LogP contribution in [0.4, 0.5) is 0 Å². The van der Waals surface area contributed by atoms with Gasteiger partial charge in [-0.3, -0.25) is 4.79 Å². The summed E-state index contributed by atoms with van der Waals surface area (Å²) in [5.74, 6) is 5.99. The Morgan fingerprint density at radius 2 is 1.80 bits per heavy atom. The second-order valence-electron chi connectivity index (χ2n) is 6.83. The van der Waals surface area contributed by atoms with Crippen LogP contribution in [-0.2, 0) is 0 Å². The van der Waals surface area contributed by atoms with E-state index in [-0.39, 0.29) is 17.8 Å². The van der Waals surface area contributed by atoms with Crippen molar-refractivity contribution in [2.75, 3.05) is 6.54 Å². The fourth-order valence-corrected chi connectivity index (χ4v) is 3.04. The summed E-state index contributed by atoms with van der Waals surface area (Å²) in [6.07, 6.45) is 3.91. The van der Waals surface area contributed by atoms with E-state index in [2.05, 4.69) is 21.8 Å². The Bertz CT molecular complexity index is 804. The SMILES string of the molecule is CC1(C)CC(O)CCN1C(=O)c1ncc(C#Cc2ccccc2)cn1. The van der Waals surface area contributed by atoms with Crippen molar-refractivity contribution in [1.82, 2.24) is 14.9 Å². The van der Waals surface area contributed by atoms with Crippen molar-refractivity contribution < 1.29 is 9.90 Å². The highest BCUT2D eigenvalue weighted by molar-refractivity contribution is 5.91. The van der Waals surface area contributed by atoms with Crippen LogP contribution in [0.25, 0.3) is 0 Å². The zero-order valence-corrected chi connectivity index (χ0v) is 14.4. The molecule has 1 atom stereocenters. The summed E-state index contributed by atoms with van der Waals surface area (Å²) >= 11 is 0. The first-order valence-electron chi connectivity index (χ1n) is 8.35. The quantitative estimate of drug-likeness (QED) is 0.812. The molecule has 2 heterocycles. The Morgan fingerprint density at radius 3 is 2.44 bits per heavy atom. The number of aliphatic hydroxyl groups excluding tert-OH is 1. The minimum Gasteiger partial charge on any atom is -0.393 e.